The lowest BCUT2D eigenvalue weighted by Crippen LogP contribution is -2.28. The number of carbonyl (C=O) groups excluding carboxylic acids is 2. The molecular weight excluding hydrogens is 384 g/mol. The normalized spacial score (nSPS) is 18.2. The minimum atomic E-state index is -0.444. The van der Waals surface area contributed by atoms with Gasteiger partial charge in [0.25, 0.3) is 0 Å². The molecule has 0 unspecified atom stereocenters. The summed E-state index contributed by atoms with van der Waals surface area (Å²) in [6.45, 7) is 3.11. The first-order chi connectivity index (χ1) is 13.0. The number of nitrogens with one attached hydrogen (secondary N) is 2. The van der Waals surface area contributed by atoms with Crippen LogP contribution in [0.2, 0.25) is 0 Å². The first kappa shape index (κ1) is 21.7. The zero-order valence-corrected chi connectivity index (χ0v) is 16.9. The number of anilines is 1. The van der Waals surface area contributed by atoms with E-state index < -0.39 is 5.97 Å². The lowest BCUT2D eigenvalue weighted by Gasteiger charge is -2.18. The molecule has 3 rings (SSSR count). The summed E-state index contributed by atoms with van der Waals surface area (Å²) in [4.78, 5) is 24.0. The number of aromatic nitrogens is 2. The number of ether oxygens (including phenoxy) is 2. The second kappa shape index (κ2) is 9.57. The summed E-state index contributed by atoms with van der Waals surface area (Å²) in [6.07, 6.45) is 3.77. The van der Waals surface area contributed by atoms with Crippen LogP contribution in [0.4, 0.5) is 5.69 Å². The van der Waals surface area contributed by atoms with Crippen LogP contribution in [-0.4, -0.2) is 48.5 Å². The summed E-state index contributed by atoms with van der Waals surface area (Å²) in [5.41, 5.74) is 2.64. The molecular formula is C19H25ClN4O4. The van der Waals surface area contributed by atoms with Crippen molar-refractivity contribution in [3.63, 3.8) is 0 Å². The van der Waals surface area contributed by atoms with Crippen molar-refractivity contribution in [2.24, 2.45) is 13.0 Å². The Labute approximate surface area is 170 Å². The van der Waals surface area contributed by atoms with Crippen LogP contribution in [0, 0.1) is 12.8 Å². The predicted molar refractivity (Wildman–Crippen MR) is 107 cm³/mol. The number of hydrogen-bond donors (Lipinski definition) is 2. The van der Waals surface area contributed by atoms with Gasteiger partial charge < -0.3 is 20.1 Å². The summed E-state index contributed by atoms with van der Waals surface area (Å²) in [5, 5.41) is 10.5. The number of rotatable bonds is 6. The highest BCUT2D eigenvalue weighted by Gasteiger charge is 2.34. The van der Waals surface area contributed by atoms with Gasteiger partial charge >= 0.3 is 5.97 Å². The Bertz CT molecular complexity index is 839. The van der Waals surface area contributed by atoms with Gasteiger partial charge in [-0.15, -0.1) is 12.4 Å². The van der Waals surface area contributed by atoms with Crippen molar-refractivity contribution in [3.05, 3.63) is 41.7 Å². The molecule has 2 aromatic rings. The third-order valence-corrected chi connectivity index (χ3v) is 4.74. The summed E-state index contributed by atoms with van der Waals surface area (Å²) < 4.78 is 11.7. The maximum absolute atomic E-state index is 12.8. The molecule has 152 valence electrons. The summed E-state index contributed by atoms with van der Waals surface area (Å²) >= 11 is 0. The molecule has 1 amide bonds. The fourth-order valence-electron chi connectivity index (χ4n) is 3.23. The highest BCUT2D eigenvalue weighted by Crippen LogP contribution is 2.30. The van der Waals surface area contributed by atoms with Crippen molar-refractivity contribution in [2.75, 3.05) is 32.1 Å². The molecule has 0 saturated carbocycles. The molecule has 8 nitrogen and oxygen atoms in total. The number of esters is 1. The van der Waals surface area contributed by atoms with Crippen LogP contribution in [0.1, 0.15) is 17.0 Å². The van der Waals surface area contributed by atoms with E-state index in [-0.39, 0.29) is 36.8 Å². The average molecular weight is 409 g/mol. The Balaban J connectivity index is 0.00000280. The highest BCUT2D eigenvalue weighted by atomic mass is 35.5. The van der Waals surface area contributed by atoms with Crippen LogP contribution in [0.5, 0.6) is 5.75 Å². The number of carbonyl (C=O) groups is 2. The van der Waals surface area contributed by atoms with Gasteiger partial charge in [-0.1, -0.05) is 0 Å². The van der Waals surface area contributed by atoms with Gasteiger partial charge in [-0.3, -0.25) is 9.48 Å². The first-order valence-electron chi connectivity index (χ1n) is 8.78. The molecule has 0 bridgehead atoms. The van der Waals surface area contributed by atoms with Crippen LogP contribution in [0.3, 0.4) is 0 Å². The number of aryl methyl sites for hydroxylation is 2. The number of benzene rings is 1. The lowest BCUT2D eigenvalue weighted by molar-refractivity contribution is -0.142. The van der Waals surface area contributed by atoms with E-state index in [9.17, 15) is 9.59 Å². The van der Waals surface area contributed by atoms with Crippen molar-refractivity contribution in [3.8, 4) is 5.75 Å². The smallest absolute Gasteiger partial charge is 0.343 e. The van der Waals surface area contributed by atoms with Gasteiger partial charge in [0, 0.05) is 37.9 Å². The predicted octanol–water partition coefficient (Wildman–Crippen LogP) is 1.64. The van der Waals surface area contributed by atoms with Crippen LogP contribution >= 0.6 is 12.4 Å². The van der Waals surface area contributed by atoms with E-state index in [0.717, 1.165) is 23.4 Å². The minimum absolute atomic E-state index is 0. The molecule has 0 radical (unpaired) electrons. The highest BCUT2D eigenvalue weighted by molar-refractivity contribution is 5.94. The second-order valence-corrected chi connectivity index (χ2v) is 6.65. The molecule has 1 aromatic carbocycles. The Morgan fingerprint density at radius 2 is 2.14 bits per heavy atom. The molecule has 0 spiro atoms. The number of nitrogens with zero attached hydrogens (tertiary/aromatic N) is 2. The van der Waals surface area contributed by atoms with Gasteiger partial charge in [-0.2, -0.15) is 5.10 Å². The molecule has 0 aliphatic carbocycles. The van der Waals surface area contributed by atoms with E-state index in [1.54, 1.807) is 22.9 Å². The number of amides is 1. The molecule has 28 heavy (non-hydrogen) atoms. The van der Waals surface area contributed by atoms with E-state index in [1.807, 2.05) is 26.4 Å². The van der Waals surface area contributed by atoms with Gasteiger partial charge in [-0.25, -0.2) is 4.79 Å². The largest absolute Gasteiger partial charge is 0.482 e. The maximum atomic E-state index is 12.8. The molecule has 2 N–H and O–H groups in total. The minimum Gasteiger partial charge on any atom is -0.482 e. The fourth-order valence-corrected chi connectivity index (χ4v) is 3.23. The van der Waals surface area contributed by atoms with E-state index in [0.29, 0.717) is 12.3 Å². The summed E-state index contributed by atoms with van der Waals surface area (Å²) in [6, 6.07) is 5.28. The average Bonchev–Trinajstić information content (AvgIpc) is 3.30. The molecule has 2 heterocycles. The third-order valence-electron chi connectivity index (χ3n) is 4.74. The second-order valence-electron chi connectivity index (χ2n) is 6.65. The molecule has 1 aliphatic rings. The SMILES string of the molecule is COC(=O)COc1ccc(NC(=O)[C@H]2CNC[C@@H]2c2cnn(C)c2)c(C)c1.Cl. The summed E-state index contributed by atoms with van der Waals surface area (Å²) in [5.74, 6) is 0.0116. The van der Waals surface area contributed by atoms with E-state index in [1.165, 1.54) is 7.11 Å². The topological polar surface area (TPSA) is 94.5 Å². The van der Waals surface area contributed by atoms with E-state index >= 15 is 0 Å². The zero-order valence-electron chi connectivity index (χ0n) is 16.1. The third kappa shape index (κ3) is 5.02. The molecule has 1 aliphatic heterocycles. The van der Waals surface area contributed by atoms with Gasteiger partial charge in [-0.05, 0) is 36.2 Å². The van der Waals surface area contributed by atoms with Crippen LogP contribution in [0.25, 0.3) is 0 Å². The van der Waals surface area contributed by atoms with Crippen molar-refractivity contribution < 1.29 is 19.1 Å². The van der Waals surface area contributed by atoms with Crippen molar-refractivity contribution >= 4 is 30.0 Å². The molecule has 1 saturated heterocycles. The maximum Gasteiger partial charge on any atom is 0.343 e. The van der Waals surface area contributed by atoms with Gasteiger partial charge in [0.05, 0.1) is 19.2 Å². The van der Waals surface area contributed by atoms with Crippen molar-refractivity contribution in [2.45, 2.75) is 12.8 Å². The Morgan fingerprint density at radius 3 is 2.79 bits per heavy atom. The number of methoxy groups -OCH3 is 1. The quantitative estimate of drug-likeness (QED) is 0.706. The summed E-state index contributed by atoms with van der Waals surface area (Å²) in [7, 11) is 3.18. The van der Waals surface area contributed by atoms with Crippen LogP contribution in [0.15, 0.2) is 30.6 Å². The Morgan fingerprint density at radius 1 is 1.36 bits per heavy atom. The molecule has 1 fully saturated rings. The van der Waals surface area contributed by atoms with Gasteiger partial charge in [0.15, 0.2) is 6.61 Å². The van der Waals surface area contributed by atoms with Crippen LogP contribution in [-0.2, 0) is 21.4 Å². The monoisotopic (exact) mass is 408 g/mol. The molecule has 2 atom stereocenters. The van der Waals surface area contributed by atoms with E-state index in [2.05, 4.69) is 20.5 Å². The lowest BCUT2D eigenvalue weighted by atomic mass is 9.90. The number of halogens is 1. The number of hydrogen-bond acceptors (Lipinski definition) is 6. The van der Waals surface area contributed by atoms with E-state index in [4.69, 9.17) is 4.74 Å². The zero-order chi connectivity index (χ0) is 19.4. The first-order valence-corrected chi connectivity index (χ1v) is 8.78. The van der Waals surface area contributed by atoms with Crippen molar-refractivity contribution in [1.29, 1.82) is 0 Å². The fraction of sp³-hybridized carbons (Fsp3) is 0.421. The Kier molecular flexibility index (Phi) is 7.42. The molecule has 1 aromatic heterocycles. The van der Waals surface area contributed by atoms with Crippen LogP contribution < -0.4 is 15.4 Å². The van der Waals surface area contributed by atoms with Gasteiger partial charge in [0.1, 0.15) is 5.75 Å². The standard InChI is InChI=1S/C19H24N4O4.ClH/c1-12-6-14(27-11-18(24)26-3)4-5-17(12)22-19(25)16-9-20-8-15(16)13-7-21-23(2)10-13;/h4-7,10,15-16,20H,8-9,11H2,1-3H3,(H,22,25);1H/t15-,16+;/m1./s1. The molecule has 9 heteroatoms. The van der Waals surface area contributed by atoms with Gasteiger partial charge in [0.2, 0.25) is 5.91 Å². The Hall–Kier alpha value is -2.58. The van der Waals surface area contributed by atoms with Crippen molar-refractivity contribution in [1.82, 2.24) is 15.1 Å².